The summed E-state index contributed by atoms with van der Waals surface area (Å²) in [4.78, 5) is 4.18. The first-order chi connectivity index (χ1) is 10.7. The molecule has 0 fully saturated rings. The van der Waals surface area contributed by atoms with E-state index in [1.165, 1.54) is 5.56 Å². The van der Waals surface area contributed by atoms with Gasteiger partial charge in [0.1, 0.15) is 0 Å². The van der Waals surface area contributed by atoms with E-state index in [0.717, 1.165) is 23.0 Å². The second-order valence-corrected chi connectivity index (χ2v) is 4.99. The summed E-state index contributed by atoms with van der Waals surface area (Å²) in [5.41, 5.74) is 4.41. The third-order valence-corrected chi connectivity index (χ3v) is 3.51. The fourth-order valence-corrected chi connectivity index (χ4v) is 2.31. The van der Waals surface area contributed by atoms with E-state index in [2.05, 4.69) is 46.4 Å². The zero-order valence-corrected chi connectivity index (χ0v) is 13.4. The van der Waals surface area contributed by atoms with Gasteiger partial charge in [0.2, 0.25) is 0 Å². The highest BCUT2D eigenvalue weighted by Gasteiger charge is 2.12. The maximum absolute atomic E-state index is 4.65. The van der Waals surface area contributed by atoms with Crippen LogP contribution in [0.5, 0.6) is 0 Å². The molecule has 0 spiro atoms. The second-order valence-electron chi connectivity index (χ2n) is 4.99. The standard InChI is InChI=1S/C17H23N5/c1-5-11-19-17(18-4)20-12-16-13(2)21-22(14(16)3)15-9-7-6-8-10-15/h5-10H,1,11-12H2,2-4H3,(H2,18,19,20). The predicted molar refractivity (Wildman–Crippen MR) is 91.4 cm³/mol. The summed E-state index contributed by atoms with van der Waals surface area (Å²) in [6.07, 6.45) is 1.80. The Balaban J connectivity index is 2.16. The van der Waals surface area contributed by atoms with Crippen LogP contribution < -0.4 is 10.6 Å². The van der Waals surface area contributed by atoms with Gasteiger partial charge >= 0.3 is 0 Å². The van der Waals surface area contributed by atoms with Gasteiger partial charge in [-0.3, -0.25) is 4.99 Å². The van der Waals surface area contributed by atoms with Crippen molar-refractivity contribution in [2.24, 2.45) is 4.99 Å². The van der Waals surface area contributed by atoms with E-state index in [9.17, 15) is 0 Å². The summed E-state index contributed by atoms with van der Waals surface area (Å²) < 4.78 is 1.98. The lowest BCUT2D eigenvalue weighted by Crippen LogP contribution is -2.37. The summed E-state index contributed by atoms with van der Waals surface area (Å²) in [5.74, 6) is 0.756. The molecule has 2 N–H and O–H groups in total. The minimum absolute atomic E-state index is 0.681. The highest BCUT2D eigenvalue weighted by Crippen LogP contribution is 2.17. The van der Waals surface area contributed by atoms with Gasteiger partial charge in [-0.15, -0.1) is 6.58 Å². The van der Waals surface area contributed by atoms with E-state index in [1.54, 1.807) is 13.1 Å². The normalized spacial score (nSPS) is 11.3. The molecule has 1 heterocycles. The molecular formula is C17H23N5. The summed E-state index contributed by atoms with van der Waals surface area (Å²) in [6, 6.07) is 10.2. The summed E-state index contributed by atoms with van der Waals surface area (Å²) in [5, 5.41) is 11.1. The molecule has 0 amide bonds. The smallest absolute Gasteiger partial charge is 0.191 e. The zero-order valence-electron chi connectivity index (χ0n) is 13.4. The third kappa shape index (κ3) is 3.55. The summed E-state index contributed by atoms with van der Waals surface area (Å²) in [7, 11) is 1.76. The van der Waals surface area contributed by atoms with Gasteiger partial charge in [-0.2, -0.15) is 5.10 Å². The van der Waals surface area contributed by atoms with Crippen molar-refractivity contribution < 1.29 is 0 Å². The highest BCUT2D eigenvalue weighted by molar-refractivity contribution is 5.79. The minimum atomic E-state index is 0.681. The van der Waals surface area contributed by atoms with Crippen LogP contribution in [0, 0.1) is 13.8 Å². The molecule has 0 bridgehead atoms. The Morgan fingerprint density at radius 1 is 1.27 bits per heavy atom. The van der Waals surface area contributed by atoms with Crippen LogP contribution in [0.1, 0.15) is 17.0 Å². The Bertz CT molecular complexity index is 655. The van der Waals surface area contributed by atoms with Gasteiger partial charge in [-0.05, 0) is 26.0 Å². The number of rotatable bonds is 5. The van der Waals surface area contributed by atoms with Gasteiger partial charge in [0.05, 0.1) is 11.4 Å². The van der Waals surface area contributed by atoms with E-state index < -0.39 is 0 Å². The van der Waals surface area contributed by atoms with Crippen LogP contribution in [-0.4, -0.2) is 29.3 Å². The van der Waals surface area contributed by atoms with E-state index >= 15 is 0 Å². The SMILES string of the molecule is C=CCNC(=NC)NCc1c(C)nn(-c2ccccc2)c1C. The number of nitrogens with one attached hydrogen (secondary N) is 2. The van der Waals surface area contributed by atoms with Crippen molar-refractivity contribution in [1.82, 2.24) is 20.4 Å². The van der Waals surface area contributed by atoms with Crippen LogP contribution in [0.2, 0.25) is 0 Å². The number of benzene rings is 1. The van der Waals surface area contributed by atoms with E-state index in [-0.39, 0.29) is 0 Å². The first-order valence-corrected chi connectivity index (χ1v) is 7.33. The van der Waals surface area contributed by atoms with Gasteiger partial charge in [0.25, 0.3) is 0 Å². The number of para-hydroxylation sites is 1. The van der Waals surface area contributed by atoms with Gasteiger partial charge in [0, 0.05) is 31.4 Å². The topological polar surface area (TPSA) is 54.2 Å². The van der Waals surface area contributed by atoms with E-state index in [4.69, 9.17) is 0 Å². The van der Waals surface area contributed by atoms with Crippen molar-refractivity contribution in [1.29, 1.82) is 0 Å². The van der Waals surface area contributed by atoms with Crippen LogP contribution in [0.3, 0.4) is 0 Å². The van der Waals surface area contributed by atoms with Gasteiger partial charge in [0.15, 0.2) is 5.96 Å². The zero-order chi connectivity index (χ0) is 15.9. The average molecular weight is 297 g/mol. The predicted octanol–water partition coefficient (Wildman–Crippen LogP) is 2.34. The molecule has 5 nitrogen and oxygen atoms in total. The Morgan fingerprint density at radius 2 is 2.00 bits per heavy atom. The Kier molecular flexibility index (Phi) is 5.36. The van der Waals surface area contributed by atoms with Crippen LogP contribution in [-0.2, 0) is 6.54 Å². The van der Waals surface area contributed by atoms with Crippen molar-refractivity contribution in [2.75, 3.05) is 13.6 Å². The monoisotopic (exact) mass is 297 g/mol. The molecule has 0 aliphatic rings. The lowest BCUT2D eigenvalue weighted by atomic mass is 10.2. The number of nitrogens with zero attached hydrogens (tertiary/aromatic N) is 3. The first kappa shape index (κ1) is 15.8. The minimum Gasteiger partial charge on any atom is -0.353 e. The van der Waals surface area contributed by atoms with Crippen molar-refractivity contribution in [3.8, 4) is 5.69 Å². The Hall–Kier alpha value is -2.56. The van der Waals surface area contributed by atoms with Gasteiger partial charge < -0.3 is 10.6 Å². The van der Waals surface area contributed by atoms with Crippen molar-refractivity contribution in [2.45, 2.75) is 20.4 Å². The molecular weight excluding hydrogens is 274 g/mol. The fraction of sp³-hybridized carbons (Fsp3) is 0.294. The molecule has 0 atom stereocenters. The molecule has 22 heavy (non-hydrogen) atoms. The quantitative estimate of drug-likeness (QED) is 0.506. The molecule has 5 heteroatoms. The van der Waals surface area contributed by atoms with Crippen molar-refractivity contribution >= 4 is 5.96 Å². The molecule has 116 valence electrons. The molecule has 0 unspecified atom stereocenters. The third-order valence-electron chi connectivity index (χ3n) is 3.51. The maximum atomic E-state index is 4.65. The highest BCUT2D eigenvalue weighted by atomic mass is 15.3. The molecule has 0 aliphatic carbocycles. The number of aryl methyl sites for hydroxylation is 1. The first-order valence-electron chi connectivity index (χ1n) is 7.33. The Morgan fingerprint density at radius 3 is 2.64 bits per heavy atom. The van der Waals surface area contributed by atoms with Crippen molar-refractivity contribution in [3.63, 3.8) is 0 Å². The molecule has 0 saturated carbocycles. The van der Waals surface area contributed by atoms with Crippen LogP contribution in [0.25, 0.3) is 5.69 Å². The number of guanidine groups is 1. The van der Waals surface area contributed by atoms with E-state index in [0.29, 0.717) is 13.1 Å². The van der Waals surface area contributed by atoms with Crippen LogP contribution in [0.4, 0.5) is 0 Å². The van der Waals surface area contributed by atoms with Crippen LogP contribution >= 0.6 is 0 Å². The number of hydrogen-bond donors (Lipinski definition) is 2. The lowest BCUT2D eigenvalue weighted by molar-refractivity contribution is 0.823. The van der Waals surface area contributed by atoms with Crippen molar-refractivity contribution in [3.05, 3.63) is 59.9 Å². The molecule has 1 aromatic carbocycles. The molecule has 1 aromatic heterocycles. The molecule has 2 aromatic rings. The second kappa shape index (κ2) is 7.45. The van der Waals surface area contributed by atoms with Gasteiger partial charge in [-0.25, -0.2) is 4.68 Å². The fourth-order valence-electron chi connectivity index (χ4n) is 2.31. The largest absolute Gasteiger partial charge is 0.353 e. The molecule has 0 aliphatic heterocycles. The Labute approximate surface area is 131 Å². The maximum Gasteiger partial charge on any atom is 0.191 e. The summed E-state index contributed by atoms with van der Waals surface area (Å²) >= 11 is 0. The molecule has 0 saturated heterocycles. The lowest BCUT2D eigenvalue weighted by Gasteiger charge is -2.11. The van der Waals surface area contributed by atoms with Gasteiger partial charge in [-0.1, -0.05) is 24.3 Å². The molecule has 2 rings (SSSR count). The molecule has 0 radical (unpaired) electrons. The number of aromatic nitrogens is 2. The number of hydrogen-bond acceptors (Lipinski definition) is 2. The number of aliphatic imine (C=N–C) groups is 1. The van der Waals surface area contributed by atoms with Crippen LogP contribution in [0.15, 0.2) is 48.0 Å². The average Bonchev–Trinajstić information content (AvgIpc) is 2.83. The van der Waals surface area contributed by atoms with E-state index in [1.807, 2.05) is 29.8 Å². The summed E-state index contributed by atoms with van der Waals surface area (Å²) in [6.45, 7) is 9.17.